The molecule has 1 aromatic carbocycles. The van der Waals surface area contributed by atoms with Crippen LogP contribution in [-0.2, 0) is 16.0 Å². The number of aryl methyl sites for hydroxylation is 1. The van der Waals surface area contributed by atoms with Gasteiger partial charge in [0.25, 0.3) is 5.91 Å². The monoisotopic (exact) mass is 398 g/mol. The van der Waals surface area contributed by atoms with Gasteiger partial charge in [-0.3, -0.25) is 14.5 Å². The van der Waals surface area contributed by atoms with Crippen molar-refractivity contribution in [2.45, 2.75) is 50.6 Å². The molecule has 0 bridgehead atoms. The van der Waals surface area contributed by atoms with Gasteiger partial charge >= 0.3 is 6.03 Å². The minimum absolute atomic E-state index is 0.120. The van der Waals surface area contributed by atoms with Gasteiger partial charge in [-0.2, -0.15) is 5.26 Å². The number of urea groups is 1. The average molecular weight is 398 g/mol. The fourth-order valence-electron chi connectivity index (χ4n) is 3.60. The first-order valence-electron chi connectivity index (χ1n) is 9.70. The van der Waals surface area contributed by atoms with Crippen LogP contribution in [0.2, 0.25) is 0 Å². The lowest BCUT2D eigenvalue weighted by Gasteiger charge is -2.24. The Labute approximate surface area is 170 Å². The summed E-state index contributed by atoms with van der Waals surface area (Å²) in [6, 6.07) is 9.06. The van der Waals surface area contributed by atoms with Gasteiger partial charge in [0.2, 0.25) is 5.91 Å². The van der Waals surface area contributed by atoms with Gasteiger partial charge in [-0.15, -0.1) is 0 Å². The third-order valence-electron chi connectivity index (χ3n) is 5.74. The summed E-state index contributed by atoms with van der Waals surface area (Å²) in [5.41, 5.74) is -1.03. The summed E-state index contributed by atoms with van der Waals surface area (Å²) in [5, 5.41) is 14.8. The number of rotatable bonds is 8. The van der Waals surface area contributed by atoms with Crippen LogP contribution in [-0.4, -0.2) is 47.5 Å². The molecule has 1 aliphatic heterocycles. The lowest BCUT2D eigenvalue weighted by atomic mass is 9.93. The number of nitrogens with one attached hydrogen (secondary N) is 2. The molecule has 1 heterocycles. The number of carbonyl (C=O) groups is 3. The Morgan fingerprint density at radius 1 is 1.38 bits per heavy atom. The zero-order valence-corrected chi connectivity index (χ0v) is 16.9. The van der Waals surface area contributed by atoms with E-state index in [0.29, 0.717) is 12.8 Å². The standard InChI is InChI=1S/C21H26N4O4/c1-20(11-10-14-4-8-16(29-3)9-5-14)18(27)25(19(28)24-20)12-17(26)23-21(2,13-22)15-6-7-15/h4-5,8-9,15H,6-7,10-12H2,1-3H3,(H,23,26)(H,24,28)/t20-,21+/m0/s1. The molecule has 1 saturated heterocycles. The summed E-state index contributed by atoms with van der Waals surface area (Å²) >= 11 is 0. The van der Waals surface area contributed by atoms with E-state index in [1.807, 2.05) is 24.3 Å². The molecule has 8 nitrogen and oxygen atoms in total. The van der Waals surface area contributed by atoms with Crippen LogP contribution >= 0.6 is 0 Å². The fraction of sp³-hybridized carbons (Fsp3) is 0.524. The topological polar surface area (TPSA) is 112 Å². The van der Waals surface area contributed by atoms with E-state index < -0.39 is 35.5 Å². The minimum atomic E-state index is -1.08. The second-order valence-electron chi connectivity index (χ2n) is 8.14. The predicted molar refractivity (Wildman–Crippen MR) is 105 cm³/mol. The number of nitrogens with zero attached hydrogens (tertiary/aromatic N) is 2. The Bertz CT molecular complexity index is 858. The predicted octanol–water partition coefficient (Wildman–Crippen LogP) is 1.75. The first kappa shape index (κ1) is 20.6. The molecule has 3 rings (SSSR count). The molecule has 8 heteroatoms. The molecular formula is C21H26N4O4. The van der Waals surface area contributed by atoms with Crippen LogP contribution in [0.4, 0.5) is 4.79 Å². The van der Waals surface area contributed by atoms with Crippen LogP contribution in [0.3, 0.4) is 0 Å². The third kappa shape index (κ3) is 4.34. The molecule has 2 atom stereocenters. The number of imide groups is 1. The Kier molecular flexibility index (Phi) is 5.51. The van der Waals surface area contributed by atoms with Crippen molar-refractivity contribution in [3.63, 3.8) is 0 Å². The van der Waals surface area contributed by atoms with E-state index in [9.17, 15) is 19.6 Å². The van der Waals surface area contributed by atoms with Gasteiger partial charge in [-0.05, 0) is 63.1 Å². The fourth-order valence-corrected chi connectivity index (χ4v) is 3.60. The van der Waals surface area contributed by atoms with E-state index in [0.717, 1.165) is 29.1 Å². The second kappa shape index (κ2) is 7.74. The van der Waals surface area contributed by atoms with Gasteiger partial charge in [-0.1, -0.05) is 12.1 Å². The maximum atomic E-state index is 12.9. The molecular weight excluding hydrogens is 372 g/mol. The number of carbonyl (C=O) groups excluding carboxylic acids is 3. The summed E-state index contributed by atoms with van der Waals surface area (Å²) in [6.07, 6.45) is 2.76. The Hall–Kier alpha value is -3.08. The highest BCUT2D eigenvalue weighted by Gasteiger charge is 2.49. The summed E-state index contributed by atoms with van der Waals surface area (Å²) in [6.45, 7) is 2.94. The highest BCUT2D eigenvalue weighted by atomic mass is 16.5. The average Bonchev–Trinajstić information content (AvgIpc) is 3.53. The molecule has 1 aromatic rings. The van der Waals surface area contributed by atoms with Gasteiger partial charge in [0, 0.05) is 0 Å². The number of amides is 4. The van der Waals surface area contributed by atoms with Crippen LogP contribution < -0.4 is 15.4 Å². The largest absolute Gasteiger partial charge is 0.497 e. The van der Waals surface area contributed by atoms with E-state index in [-0.39, 0.29) is 5.92 Å². The number of hydrogen-bond donors (Lipinski definition) is 2. The molecule has 0 aromatic heterocycles. The van der Waals surface area contributed by atoms with Gasteiger partial charge in [0.05, 0.1) is 13.2 Å². The number of nitriles is 1. The van der Waals surface area contributed by atoms with Crippen LogP contribution in [0.1, 0.15) is 38.7 Å². The minimum Gasteiger partial charge on any atom is -0.497 e. The highest BCUT2D eigenvalue weighted by Crippen LogP contribution is 2.39. The maximum absolute atomic E-state index is 12.9. The maximum Gasteiger partial charge on any atom is 0.325 e. The van der Waals surface area contributed by atoms with Crippen molar-refractivity contribution < 1.29 is 19.1 Å². The highest BCUT2D eigenvalue weighted by molar-refractivity contribution is 6.08. The van der Waals surface area contributed by atoms with E-state index in [1.54, 1.807) is 21.0 Å². The molecule has 0 radical (unpaired) electrons. The van der Waals surface area contributed by atoms with Crippen molar-refractivity contribution in [2.24, 2.45) is 5.92 Å². The van der Waals surface area contributed by atoms with Gasteiger partial charge in [-0.25, -0.2) is 4.79 Å². The Balaban J connectivity index is 1.60. The first-order chi connectivity index (χ1) is 13.7. The van der Waals surface area contributed by atoms with E-state index in [2.05, 4.69) is 16.7 Å². The van der Waals surface area contributed by atoms with Gasteiger partial charge in [0.15, 0.2) is 0 Å². The van der Waals surface area contributed by atoms with Crippen molar-refractivity contribution in [2.75, 3.05) is 13.7 Å². The van der Waals surface area contributed by atoms with Gasteiger partial charge in [0.1, 0.15) is 23.4 Å². The van der Waals surface area contributed by atoms with E-state index in [1.165, 1.54) is 0 Å². The molecule has 1 saturated carbocycles. The van der Waals surface area contributed by atoms with Crippen LogP contribution in [0.5, 0.6) is 5.75 Å². The van der Waals surface area contributed by atoms with Crippen molar-refractivity contribution in [1.29, 1.82) is 5.26 Å². The van der Waals surface area contributed by atoms with Gasteiger partial charge < -0.3 is 15.4 Å². The summed E-state index contributed by atoms with van der Waals surface area (Å²) in [5.74, 6) is -0.0765. The van der Waals surface area contributed by atoms with Crippen LogP contribution in [0.15, 0.2) is 24.3 Å². The Morgan fingerprint density at radius 3 is 2.59 bits per heavy atom. The lowest BCUT2D eigenvalue weighted by molar-refractivity contribution is -0.135. The van der Waals surface area contributed by atoms with Crippen molar-refractivity contribution in [3.8, 4) is 11.8 Å². The number of methoxy groups -OCH3 is 1. The van der Waals surface area contributed by atoms with Crippen LogP contribution in [0.25, 0.3) is 0 Å². The molecule has 1 aliphatic carbocycles. The Morgan fingerprint density at radius 2 is 2.03 bits per heavy atom. The summed E-state index contributed by atoms with van der Waals surface area (Å²) in [4.78, 5) is 38.5. The molecule has 2 aliphatic rings. The summed E-state index contributed by atoms with van der Waals surface area (Å²) in [7, 11) is 1.59. The second-order valence-corrected chi connectivity index (χ2v) is 8.14. The molecule has 2 fully saturated rings. The molecule has 4 amide bonds. The lowest BCUT2D eigenvalue weighted by Crippen LogP contribution is -2.51. The van der Waals surface area contributed by atoms with E-state index in [4.69, 9.17) is 4.74 Å². The quantitative estimate of drug-likeness (QED) is 0.648. The smallest absolute Gasteiger partial charge is 0.325 e. The number of ether oxygens (including phenoxy) is 1. The molecule has 154 valence electrons. The van der Waals surface area contributed by atoms with Crippen molar-refractivity contribution >= 4 is 17.8 Å². The number of benzene rings is 1. The zero-order valence-electron chi connectivity index (χ0n) is 16.9. The molecule has 29 heavy (non-hydrogen) atoms. The molecule has 0 unspecified atom stereocenters. The summed E-state index contributed by atoms with van der Waals surface area (Å²) < 4.78 is 5.13. The SMILES string of the molecule is COc1ccc(CC[C@]2(C)NC(=O)N(CC(=O)N[C@](C)(C#N)C3CC3)C2=O)cc1. The normalized spacial score (nSPS) is 23.2. The number of hydrogen-bond acceptors (Lipinski definition) is 5. The van der Waals surface area contributed by atoms with Crippen molar-refractivity contribution in [3.05, 3.63) is 29.8 Å². The van der Waals surface area contributed by atoms with Crippen molar-refractivity contribution in [1.82, 2.24) is 15.5 Å². The zero-order chi connectivity index (χ0) is 21.2. The van der Waals surface area contributed by atoms with Crippen LogP contribution in [0, 0.1) is 17.2 Å². The van der Waals surface area contributed by atoms with E-state index >= 15 is 0 Å². The molecule has 0 spiro atoms. The third-order valence-corrected chi connectivity index (χ3v) is 5.74. The first-order valence-corrected chi connectivity index (χ1v) is 9.70. The molecule has 2 N–H and O–H groups in total.